The van der Waals surface area contributed by atoms with Gasteiger partial charge in [-0.25, -0.2) is 0 Å². The average molecular weight is 271 g/mol. The van der Waals surface area contributed by atoms with E-state index in [1.54, 1.807) is 24.6 Å². The molecule has 0 aliphatic carbocycles. The second-order valence-corrected chi connectivity index (χ2v) is 4.81. The highest BCUT2D eigenvalue weighted by Crippen LogP contribution is 2.23. The van der Waals surface area contributed by atoms with Gasteiger partial charge in [-0.15, -0.1) is 10.2 Å². The quantitative estimate of drug-likeness (QED) is 0.717. The van der Waals surface area contributed by atoms with Gasteiger partial charge in [0.15, 0.2) is 5.76 Å². The molecule has 102 valence electrons. The van der Waals surface area contributed by atoms with E-state index in [-0.39, 0.29) is 0 Å². The molecule has 1 fully saturated rings. The van der Waals surface area contributed by atoms with E-state index in [0.29, 0.717) is 30.1 Å². The highest BCUT2D eigenvalue weighted by Gasteiger charge is 2.29. The summed E-state index contributed by atoms with van der Waals surface area (Å²) < 4.78 is 12.8. The van der Waals surface area contributed by atoms with Crippen molar-refractivity contribution in [2.45, 2.75) is 12.6 Å². The SMILES string of the molecule is c1coc(-c2nnc(CN3CC(n4cccn4)C3)o2)c1. The second-order valence-electron chi connectivity index (χ2n) is 4.81. The molecular weight excluding hydrogens is 258 g/mol. The van der Waals surface area contributed by atoms with Crippen LogP contribution in [-0.4, -0.2) is 38.0 Å². The van der Waals surface area contributed by atoms with Crippen LogP contribution in [0.3, 0.4) is 0 Å². The molecule has 1 saturated heterocycles. The summed E-state index contributed by atoms with van der Waals surface area (Å²) in [6.07, 6.45) is 5.38. The maximum absolute atomic E-state index is 5.58. The molecule has 0 N–H and O–H groups in total. The van der Waals surface area contributed by atoms with E-state index < -0.39 is 0 Å². The Labute approximate surface area is 114 Å². The summed E-state index contributed by atoms with van der Waals surface area (Å²) in [6, 6.07) is 5.98. The molecule has 0 saturated carbocycles. The maximum Gasteiger partial charge on any atom is 0.283 e. The smallest absolute Gasteiger partial charge is 0.283 e. The molecule has 0 radical (unpaired) electrons. The van der Waals surface area contributed by atoms with Crippen molar-refractivity contribution in [1.29, 1.82) is 0 Å². The van der Waals surface area contributed by atoms with E-state index in [1.165, 1.54) is 0 Å². The van der Waals surface area contributed by atoms with E-state index in [4.69, 9.17) is 8.83 Å². The van der Waals surface area contributed by atoms with Gasteiger partial charge in [0.05, 0.1) is 18.8 Å². The number of nitrogens with zero attached hydrogens (tertiary/aromatic N) is 5. The Morgan fingerprint density at radius 1 is 1.25 bits per heavy atom. The molecule has 0 bridgehead atoms. The van der Waals surface area contributed by atoms with E-state index in [9.17, 15) is 0 Å². The van der Waals surface area contributed by atoms with Crippen LogP contribution < -0.4 is 0 Å². The lowest BCUT2D eigenvalue weighted by Crippen LogP contribution is -2.47. The first kappa shape index (κ1) is 11.4. The summed E-state index contributed by atoms with van der Waals surface area (Å²) in [7, 11) is 0. The molecule has 7 nitrogen and oxygen atoms in total. The molecule has 0 atom stereocenters. The third kappa shape index (κ3) is 2.01. The molecule has 3 aromatic rings. The van der Waals surface area contributed by atoms with Crippen molar-refractivity contribution in [3.8, 4) is 11.7 Å². The number of hydrogen-bond donors (Lipinski definition) is 0. The van der Waals surface area contributed by atoms with Gasteiger partial charge in [-0.05, 0) is 18.2 Å². The number of likely N-dealkylation sites (tertiary alicyclic amines) is 1. The van der Waals surface area contributed by atoms with E-state index >= 15 is 0 Å². The van der Waals surface area contributed by atoms with Crippen molar-refractivity contribution in [3.05, 3.63) is 42.7 Å². The summed E-state index contributed by atoms with van der Waals surface area (Å²) in [5.41, 5.74) is 0. The first-order chi connectivity index (χ1) is 9.88. The van der Waals surface area contributed by atoms with Crippen molar-refractivity contribution >= 4 is 0 Å². The zero-order valence-corrected chi connectivity index (χ0v) is 10.7. The number of furan rings is 1. The Kier molecular flexibility index (Phi) is 2.63. The summed E-state index contributed by atoms with van der Waals surface area (Å²) in [5, 5.41) is 12.3. The fourth-order valence-corrected chi connectivity index (χ4v) is 2.34. The standard InChI is InChI=1S/C13H13N5O2/c1-3-11(19-6-1)13-16-15-12(20-13)9-17-7-10(8-17)18-5-2-4-14-18/h1-6,10H,7-9H2. The van der Waals surface area contributed by atoms with Crippen molar-refractivity contribution in [3.63, 3.8) is 0 Å². The lowest BCUT2D eigenvalue weighted by atomic mass is 10.1. The maximum atomic E-state index is 5.58. The lowest BCUT2D eigenvalue weighted by Gasteiger charge is -2.38. The van der Waals surface area contributed by atoms with Crippen LogP contribution in [0.2, 0.25) is 0 Å². The minimum atomic E-state index is 0.425. The predicted molar refractivity (Wildman–Crippen MR) is 68.5 cm³/mol. The van der Waals surface area contributed by atoms with Crippen LogP contribution in [0.4, 0.5) is 0 Å². The van der Waals surface area contributed by atoms with Crippen LogP contribution in [0.15, 0.2) is 45.7 Å². The molecule has 20 heavy (non-hydrogen) atoms. The van der Waals surface area contributed by atoms with E-state index in [1.807, 2.05) is 16.9 Å². The van der Waals surface area contributed by atoms with E-state index in [0.717, 1.165) is 13.1 Å². The molecular formula is C13H13N5O2. The summed E-state index contributed by atoms with van der Waals surface area (Å²) >= 11 is 0. The van der Waals surface area contributed by atoms with Crippen LogP contribution in [0, 0.1) is 0 Å². The molecule has 0 spiro atoms. The van der Waals surface area contributed by atoms with Gasteiger partial charge in [0.2, 0.25) is 5.89 Å². The molecule has 4 rings (SSSR count). The van der Waals surface area contributed by atoms with E-state index in [2.05, 4.69) is 20.2 Å². The van der Waals surface area contributed by atoms with Crippen molar-refractivity contribution in [2.75, 3.05) is 13.1 Å². The van der Waals surface area contributed by atoms with Gasteiger partial charge in [-0.1, -0.05) is 0 Å². The van der Waals surface area contributed by atoms with Crippen molar-refractivity contribution in [2.24, 2.45) is 0 Å². The first-order valence-corrected chi connectivity index (χ1v) is 6.46. The largest absolute Gasteiger partial charge is 0.459 e. The Balaban J connectivity index is 1.37. The normalized spacial score (nSPS) is 16.4. The van der Waals surface area contributed by atoms with Gasteiger partial charge in [0, 0.05) is 25.5 Å². The zero-order valence-electron chi connectivity index (χ0n) is 10.7. The van der Waals surface area contributed by atoms with Crippen LogP contribution in [0.1, 0.15) is 11.9 Å². The third-order valence-electron chi connectivity index (χ3n) is 3.39. The molecule has 0 amide bonds. The van der Waals surface area contributed by atoms with Crippen LogP contribution in [0.5, 0.6) is 0 Å². The van der Waals surface area contributed by atoms with Crippen LogP contribution in [-0.2, 0) is 6.54 Å². The van der Waals surface area contributed by atoms with Gasteiger partial charge in [0.25, 0.3) is 5.89 Å². The summed E-state index contributed by atoms with van der Waals surface area (Å²) in [4.78, 5) is 2.24. The molecule has 1 aliphatic heterocycles. The molecule has 0 aromatic carbocycles. The molecule has 1 aliphatic rings. The fourth-order valence-electron chi connectivity index (χ4n) is 2.34. The molecule has 4 heterocycles. The summed E-state index contributed by atoms with van der Waals surface area (Å²) in [5.74, 6) is 1.63. The summed E-state index contributed by atoms with van der Waals surface area (Å²) in [6.45, 7) is 2.55. The molecule has 7 heteroatoms. The van der Waals surface area contributed by atoms with Gasteiger partial charge in [-0.3, -0.25) is 9.58 Å². The Morgan fingerprint density at radius 3 is 2.95 bits per heavy atom. The second kappa shape index (κ2) is 4.61. The molecule has 3 aromatic heterocycles. The topological polar surface area (TPSA) is 73.1 Å². The Bertz CT molecular complexity index is 668. The highest BCUT2D eigenvalue weighted by molar-refractivity contribution is 5.42. The first-order valence-electron chi connectivity index (χ1n) is 6.46. The minimum Gasteiger partial charge on any atom is -0.459 e. The molecule has 0 unspecified atom stereocenters. The predicted octanol–water partition coefficient (Wildman–Crippen LogP) is 1.58. The fraction of sp³-hybridized carbons (Fsp3) is 0.308. The van der Waals surface area contributed by atoms with Gasteiger partial charge >= 0.3 is 0 Å². The third-order valence-corrected chi connectivity index (χ3v) is 3.39. The number of hydrogen-bond acceptors (Lipinski definition) is 6. The minimum absolute atomic E-state index is 0.425. The van der Waals surface area contributed by atoms with Gasteiger partial charge in [-0.2, -0.15) is 5.10 Å². The van der Waals surface area contributed by atoms with Gasteiger partial charge in [0.1, 0.15) is 0 Å². The Morgan fingerprint density at radius 2 is 2.20 bits per heavy atom. The zero-order chi connectivity index (χ0) is 13.4. The van der Waals surface area contributed by atoms with Gasteiger partial charge < -0.3 is 8.83 Å². The Hall–Kier alpha value is -2.41. The van der Waals surface area contributed by atoms with Crippen LogP contribution >= 0.6 is 0 Å². The van der Waals surface area contributed by atoms with Crippen molar-refractivity contribution < 1.29 is 8.83 Å². The highest BCUT2D eigenvalue weighted by atomic mass is 16.4. The average Bonchev–Trinajstić information content (AvgIpc) is 3.13. The lowest BCUT2D eigenvalue weighted by molar-refractivity contribution is 0.0816. The monoisotopic (exact) mass is 271 g/mol. The number of aromatic nitrogens is 4. The van der Waals surface area contributed by atoms with Crippen LogP contribution in [0.25, 0.3) is 11.7 Å². The van der Waals surface area contributed by atoms with Crippen molar-refractivity contribution in [1.82, 2.24) is 24.9 Å². The number of rotatable bonds is 4.